The first-order chi connectivity index (χ1) is 15.8. The average molecular weight is 487 g/mol. The van der Waals surface area contributed by atoms with Gasteiger partial charge in [0.15, 0.2) is 11.6 Å². The lowest BCUT2D eigenvalue weighted by atomic mass is 9.95. The summed E-state index contributed by atoms with van der Waals surface area (Å²) in [5.74, 6) is -2.98. The number of Topliss-reactive ketones (excluding diaryl/α,β-unsaturated/α-hetero) is 1. The molecule has 0 radical (unpaired) electrons. The van der Waals surface area contributed by atoms with Gasteiger partial charge in [0, 0.05) is 24.5 Å². The van der Waals surface area contributed by atoms with Crippen LogP contribution in [0, 0.1) is 5.82 Å². The second kappa shape index (κ2) is 9.21. The van der Waals surface area contributed by atoms with E-state index in [1.54, 1.807) is 30.6 Å². The van der Waals surface area contributed by atoms with Gasteiger partial charge in [0.1, 0.15) is 5.76 Å². The normalized spacial score (nSPS) is 17.5. The predicted octanol–water partition coefficient (Wildman–Crippen LogP) is 5.16. The number of carbonyl (C=O) groups excluding carboxylic acids is 2. The van der Waals surface area contributed by atoms with E-state index < -0.39 is 29.3 Å². The number of ketones is 1. The molecular weight excluding hydrogens is 470 g/mol. The molecule has 1 N–H and O–H groups in total. The highest BCUT2D eigenvalue weighted by Gasteiger charge is 2.46. The highest BCUT2D eigenvalue weighted by atomic mass is 35.5. The van der Waals surface area contributed by atoms with Gasteiger partial charge in [-0.2, -0.15) is 0 Å². The Morgan fingerprint density at radius 1 is 1.15 bits per heavy atom. The first-order valence-electron chi connectivity index (χ1n) is 9.78. The van der Waals surface area contributed by atoms with Gasteiger partial charge in [-0.1, -0.05) is 35.3 Å². The molecule has 3 aromatic rings. The molecule has 1 aliphatic heterocycles. The Labute approximate surface area is 198 Å². The van der Waals surface area contributed by atoms with Crippen molar-refractivity contribution in [2.24, 2.45) is 0 Å². The number of hydrogen-bond donors (Lipinski definition) is 1. The SMILES string of the molecule is COc1ccc(C(O)=C2C(=O)C(=O)N(Cc3cccnc3)[C@@H]2c2ccc(Cl)c(Cl)c2)cc1F. The molecule has 1 amide bonds. The van der Waals surface area contributed by atoms with Crippen molar-refractivity contribution in [2.45, 2.75) is 12.6 Å². The molecule has 0 saturated carbocycles. The molecule has 1 atom stereocenters. The van der Waals surface area contributed by atoms with E-state index in [-0.39, 0.29) is 28.5 Å². The van der Waals surface area contributed by atoms with Crippen LogP contribution in [0.25, 0.3) is 5.76 Å². The Kier molecular flexibility index (Phi) is 6.35. The van der Waals surface area contributed by atoms with Gasteiger partial charge >= 0.3 is 0 Å². The number of methoxy groups -OCH3 is 1. The minimum Gasteiger partial charge on any atom is -0.507 e. The fraction of sp³-hybridized carbons (Fsp3) is 0.125. The first-order valence-corrected chi connectivity index (χ1v) is 10.5. The smallest absolute Gasteiger partial charge is 0.295 e. The number of amides is 1. The molecular formula is C24H17Cl2FN2O4. The van der Waals surface area contributed by atoms with Crippen LogP contribution in [-0.2, 0) is 16.1 Å². The number of aliphatic hydroxyl groups excluding tert-OH is 1. The number of nitrogens with zero attached hydrogens (tertiary/aromatic N) is 2. The largest absolute Gasteiger partial charge is 0.507 e. The second-order valence-corrected chi connectivity index (χ2v) is 8.13. The van der Waals surface area contributed by atoms with Gasteiger partial charge in [-0.15, -0.1) is 0 Å². The molecule has 1 aliphatic rings. The number of aromatic nitrogens is 1. The third-order valence-corrected chi connectivity index (χ3v) is 6.04. The summed E-state index contributed by atoms with van der Waals surface area (Å²) in [4.78, 5) is 31.4. The molecule has 6 nitrogen and oxygen atoms in total. The first kappa shape index (κ1) is 22.8. The number of likely N-dealkylation sites (tertiary alicyclic amines) is 1. The monoisotopic (exact) mass is 486 g/mol. The van der Waals surface area contributed by atoms with Crippen molar-refractivity contribution < 1.29 is 23.8 Å². The molecule has 168 valence electrons. The number of pyridine rings is 1. The van der Waals surface area contributed by atoms with Crippen molar-refractivity contribution in [1.29, 1.82) is 0 Å². The summed E-state index contributed by atoms with van der Waals surface area (Å²) in [6, 6.07) is 10.9. The molecule has 2 aromatic carbocycles. The van der Waals surface area contributed by atoms with Gasteiger partial charge in [-0.05, 0) is 47.5 Å². The Balaban J connectivity index is 1.88. The zero-order valence-electron chi connectivity index (χ0n) is 17.3. The van der Waals surface area contributed by atoms with E-state index in [1.807, 2.05) is 0 Å². The van der Waals surface area contributed by atoms with E-state index in [0.717, 1.165) is 6.07 Å². The zero-order valence-corrected chi connectivity index (χ0v) is 18.8. The van der Waals surface area contributed by atoms with Gasteiger partial charge in [0.25, 0.3) is 11.7 Å². The molecule has 4 rings (SSSR count). The van der Waals surface area contributed by atoms with Crippen LogP contribution in [0.5, 0.6) is 5.75 Å². The third-order valence-electron chi connectivity index (χ3n) is 5.30. The summed E-state index contributed by atoms with van der Waals surface area (Å²) in [6.07, 6.45) is 3.16. The summed E-state index contributed by atoms with van der Waals surface area (Å²) in [5.41, 5.74) is 0.979. The molecule has 0 aliphatic carbocycles. The summed E-state index contributed by atoms with van der Waals surface area (Å²) >= 11 is 12.2. The van der Waals surface area contributed by atoms with Crippen molar-refractivity contribution >= 4 is 40.7 Å². The zero-order chi connectivity index (χ0) is 23.7. The molecule has 0 spiro atoms. The van der Waals surface area contributed by atoms with Crippen molar-refractivity contribution in [3.8, 4) is 5.75 Å². The van der Waals surface area contributed by atoms with Gasteiger partial charge in [0.05, 0.1) is 28.8 Å². The van der Waals surface area contributed by atoms with Gasteiger partial charge in [-0.25, -0.2) is 4.39 Å². The van der Waals surface area contributed by atoms with Crippen LogP contribution < -0.4 is 4.74 Å². The minimum atomic E-state index is -0.981. The fourth-order valence-corrected chi connectivity index (χ4v) is 4.04. The predicted molar refractivity (Wildman–Crippen MR) is 121 cm³/mol. The van der Waals surface area contributed by atoms with Crippen molar-refractivity contribution in [3.63, 3.8) is 0 Å². The van der Waals surface area contributed by atoms with Crippen LogP contribution in [0.15, 0.2) is 66.5 Å². The number of ether oxygens (including phenoxy) is 1. The fourth-order valence-electron chi connectivity index (χ4n) is 3.73. The molecule has 33 heavy (non-hydrogen) atoms. The van der Waals surface area contributed by atoms with E-state index in [1.165, 1.54) is 36.3 Å². The third kappa shape index (κ3) is 4.29. The van der Waals surface area contributed by atoms with Crippen LogP contribution in [0.4, 0.5) is 4.39 Å². The maximum absolute atomic E-state index is 14.3. The molecule has 9 heteroatoms. The Morgan fingerprint density at radius 3 is 2.58 bits per heavy atom. The summed E-state index contributed by atoms with van der Waals surface area (Å²) in [5, 5.41) is 11.5. The topological polar surface area (TPSA) is 79.7 Å². The highest BCUT2D eigenvalue weighted by Crippen LogP contribution is 2.42. The summed E-state index contributed by atoms with van der Waals surface area (Å²) in [7, 11) is 1.31. The molecule has 2 heterocycles. The maximum atomic E-state index is 14.3. The molecule has 1 fully saturated rings. The average Bonchev–Trinajstić information content (AvgIpc) is 3.06. The number of aliphatic hydroxyl groups is 1. The lowest BCUT2D eigenvalue weighted by Crippen LogP contribution is -2.29. The van der Waals surface area contributed by atoms with E-state index in [0.29, 0.717) is 16.1 Å². The van der Waals surface area contributed by atoms with E-state index in [9.17, 15) is 19.1 Å². The highest BCUT2D eigenvalue weighted by molar-refractivity contribution is 6.46. The number of carbonyl (C=O) groups is 2. The van der Waals surface area contributed by atoms with Gasteiger partial charge < -0.3 is 14.7 Å². The molecule has 0 unspecified atom stereocenters. The Morgan fingerprint density at radius 2 is 1.94 bits per heavy atom. The van der Waals surface area contributed by atoms with Gasteiger partial charge in [-0.3, -0.25) is 14.6 Å². The molecule has 1 aromatic heterocycles. The number of hydrogen-bond acceptors (Lipinski definition) is 5. The van der Waals surface area contributed by atoms with Crippen LogP contribution in [0.3, 0.4) is 0 Å². The summed E-state index contributed by atoms with van der Waals surface area (Å²) < 4.78 is 19.2. The number of rotatable bonds is 5. The summed E-state index contributed by atoms with van der Waals surface area (Å²) in [6.45, 7) is 0.0527. The van der Waals surface area contributed by atoms with Crippen molar-refractivity contribution in [3.05, 3.63) is 99.1 Å². The molecule has 0 bridgehead atoms. The standard InChI is InChI=1S/C24H17Cl2FN2O4/c1-33-19-7-5-15(10-18(19)27)22(30)20-21(14-4-6-16(25)17(26)9-14)29(24(32)23(20)31)12-13-3-2-8-28-11-13/h2-11,21,30H,12H2,1H3/t21-/m1/s1. The van der Waals surface area contributed by atoms with Gasteiger partial charge in [0.2, 0.25) is 0 Å². The van der Waals surface area contributed by atoms with Crippen LogP contribution in [0.2, 0.25) is 10.0 Å². The minimum absolute atomic E-state index is 0.0235. The van der Waals surface area contributed by atoms with Crippen molar-refractivity contribution in [2.75, 3.05) is 7.11 Å². The Bertz CT molecular complexity index is 1280. The lowest BCUT2D eigenvalue weighted by molar-refractivity contribution is -0.140. The molecule has 1 saturated heterocycles. The van der Waals surface area contributed by atoms with Crippen LogP contribution in [-0.4, -0.2) is 33.8 Å². The van der Waals surface area contributed by atoms with Crippen LogP contribution >= 0.6 is 23.2 Å². The lowest BCUT2D eigenvalue weighted by Gasteiger charge is -2.25. The van der Waals surface area contributed by atoms with E-state index >= 15 is 0 Å². The van der Waals surface area contributed by atoms with E-state index in [4.69, 9.17) is 27.9 Å². The quantitative estimate of drug-likeness (QED) is 0.306. The second-order valence-electron chi connectivity index (χ2n) is 7.31. The van der Waals surface area contributed by atoms with Crippen LogP contribution in [0.1, 0.15) is 22.7 Å². The van der Waals surface area contributed by atoms with E-state index in [2.05, 4.69) is 4.98 Å². The number of halogens is 3. The van der Waals surface area contributed by atoms with Crippen molar-refractivity contribution in [1.82, 2.24) is 9.88 Å². The maximum Gasteiger partial charge on any atom is 0.295 e. The number of benzene rings is 2. The Hall–Kier alpha value is -3.42.